The van der Waals surface area contributed by atoms with Crippen molar-refractivity contribution in [2.45, 2.75) is 19.3 Å². The van der Waals surface area contributed by atoms with Crippen LogP contribution in [0.2, 0.25) is 0 Å². The van der Waals surface area contributed by atoms with Crippen molar-refractivity contribution >= 4 is 5.69 Å². The molecule has 0 radical (unpaired) electrons. The molecule has 3 rings (SSSR count). The number of pyridine rings is 1. The quantitative estimate of drug-likeness (QED) is 0.758. The molecule has 0 bridgehead atoms. The topological polar surface area (TPSA) is 16.1 Å². The smallest absolute Gasteiger partial charge is 0.0406 e. The van der Waals surface area contributed by atoms with Crippen LogP contribution in [-0.2, 0) is 5.41 Å². The summed E-state index contributed by atoms with van der Waals surface area (Å²) in [6.07, 6.45) is 2.02. The summed E-state index contributed by atoms with van der Waals surface area (Å²) in [6, 6.07) is 13.0. The molecule has 1 aromatic carbocycles. The highest BCUT2D eigenvalue weighted by Gasteiger charge is 2.38. The molecule has 1 aromatic heterocycles. The summed E-state index contributed by atoms with van der Waals surface area (Å²) >= 11 is 0. The molecule has 2 heteroatoms. The largest absolute Gasteiger partial charge is 0.373 e. The van der Waals surface area contributed by atoms with E-state index in [9.17, 15) is 0 Å². The minimum atomic E-state index is 0.0477. The molecule has 1 atom stereocenters. The maximum Gasteiger partial charge on any atom is 0.0406 e. The van der Waals surface area contributed by atoms with Gasteiger partial charge in [-0.25, -0.2) is 0 Å². The number of benzene rings is 1. The van der Waals surface area contributed by atoms with Crippen LogP contribution in [0.5, 0.6) is 0 Å². The summed E-state index contributed by atoms with van der Waals surface area (Å²) in [4.78, 5) is 6.78. The Labute approximate surface area is 108 Å². The van der Waals surface area contributed by atoms with E-state index in [4.69, 9.17) is 0 Å². The van der Waals surface area contributed by atoms with Crippen molar-refractivity contribution in [2.75, 3.05) is 18.5 Å². The molecule has 2 heterocycles. The maximum absolute atomic E-state index is 4.45. The number of aromatic nitrogens is 1. The molecule has 1 aliphatic heterocycles. The first-order chi connectivity index (χ1) is 8.61. The summed E-state index contributed by atoms with van der Waals surface area (Å²) in [5.41, 5.74) is 5.15. The molecule has 2 aromatic rings. The Morgan fingerprint density at radius 3 is 2.67 bits per heavy atom. The predicted molar refractivity (Wildman–Crippen MR) is 75.1 cm³/mol. The first kappa shape index (κ1) is 11.3. The number of rotatable bonds is 1. The van der Waals surface area contributed by atoms with Crippen LogP contribution in [0.15, 0.2) is 42.6 Å². The molecule has 1 aliphatic rings. The van der Waals surface area contributed by atoms with Crippen molar-refractivity contribution < 1.29 is 0 Å². The number of hydrogen-bond donors (Lipinski definition) is 0. The fourth-order valence-electron chi connectivity index (χ4n) is 2.96. The zero-order valence-corrected chi connectivity index (χ0v) is 11.1. The maximum atomic E-state index is 4.45. The molecule has 0 amide bonds. The summed E-state index contributed by atoms with van der Waals surface area (Å²) in [5, 5.41) is 0. The minimum absolute atomic E-state index is 0.0477. The lowest BCUT2D eigenvalue weighted by molar-refractivity contribution is 0.605. The Balaban J connectivity index is 2.14. The first-order valence-electron chi connectivity index (χ1n) is 6.35. The van der Waals surface area contributed by atoms with Crippen molar-refractivity contribution in [1.29, 1.82) is 0 Å². The normalized spacial score (nSPS) is 22.1. The van der Waals surface area contributed by atoms with Gasteiger partial charge < -0.3 is 4.90 Å². The minimum Gasteiger partial charge on any atom is -0.373 e. The van der Waals surface area contributed by atoms with Crippen LogP contribution in [0.4, 0.5) is 5.69 Å². The highest BCUT2D eigenvalue weighted by atomic mass is 15.1. The molecule has 0 spiro atoms. The molecular weight excluding hydrogens is 220 g/mol. The number of para-hydroxylation sites is 1. The fourth-order valence-corrected chi connectivity index (χ4v) is 2.96. The van der Waals surface area contributed by atoms with Crippen LogP contribution in [0.25, 0.3) is 0 Å². The molecule has 0 saturated carbocycles. The van der Waals surface area contributed by atoms with E-state index in [0.717, 1.165) is 12.2 Å². The zero-order valence-electron chi connectivity index (χ0n) is 11.1. The summed E-state index contributed by atoms with van der Waals surface area (Å²) in [7, 11) is 2.16. The second-order valence-corrected chi connectivity index (χ2v) is 5.39. The standard InChI is InChI=1S/C16H18N2/c1-12-8-9-13(10-17-12)16(2)11-18(3)15-7-5-4-6-14(15)16/h4-10H,11H2,1-3H3/t16-/m1/s1. The van der Waals surface area contributed by atoms with E-state index in [1.54, 1.807) is 0 Å². The van der Waals surface area contributed by atoms with E-state index >= 15 is 0 Å². The molecule has 0 saturated heterocycles. The number of likely N-dealkylation sites (N-methyl/N-ethyl adjacent to an activating group) is 1. The molecule has 0 fully saturated rings. The highest BCUT2D eigenvalue weighted by molar-refractivity contribution is 5.65. The molecule has 0 aliphatic carbocycles. The lowest BCUT2D eigenvalue weighted by Gasteiger charge is -2.25. The number of aryl methyl sites for hydroxylation is 1. The zero-order chi connectivity index (χ0) is 12.8. The third kappa shape index (κ3) is 1.52. The van der Waals surface area contributed by atoms with Gasteiger partial charge in [-0.1, -0.05) is 24.3 Å². The Hall–Kier alpha value is -1.83. The van der Waals surface area contributed by atoms with Crippen LogP contribution >= 0.6 is 0 Å². The van der Waals surface area contributed by atoms with Gasteiger partial charge in [0.25, 0.3) is 0 Å². The van der Waals surface area contributed by atoms with Gasteiger partial charge in [0.1, 0.15) is 0 Å². The third-order valence-corrected chi connectivity index (χ3v) is 4.01. The number of fused-ring (bicyclic) bond motifs is 1. The van der Waals surface area contributed by atoms with Gasteiger partial charge in [-0.05, 0) is 37.1 Å². The van der Waals surface area contributed by atoms with E-state index in [2.05, 4.69) is 60.3 Å². The SMILES string of the molecule is Cc1ccc([C@@]2(C)CN(C)c3ccccc32)cn1. The van der Waals surface area contributed by atoms with Crippen LogP contribution in [0.1, 0.15) is 23.7 Å². The summed E-state index contributed by atoms with van der Waals surface area (Å²) < 4.78 is 0. The van der Waals surface area contributed by atoms with Crippen molar-refractivity contribution in [2.24, 2.45) is 0 Å². The summed E-state index contributed by atoms with van der Waals surface area (Å²) in [5.74, 6) is 0. The van der Waals surface area contributed by atoms with Gasteiger partial charge in [0.15, 0.2) is 0 Å². The van der Waals surface area contributed by atoms with Crippen LogP contribution in [0, 0.1) is 6.92 Å². The molecule has 0 unspecified atom stereocenters. The van der Waals surface area contributed by atoms with E-state index in [1.165, 1.54) is 16.8 Å². The molecule has 92 valence electrons. The van der Waals surface area contributed by atoms with Crippen LogP contribution < -0.4 is 4.90 Å². The van der Waals surface area contributed by atoms with E-state index in [0.29, 0.717) is 0 Å². The molecule has 18 heavy (non-hydrogen) atoms. The van der Waals surface area contributed by atoms with Gasteiger partial charge in [0, 0.05) is 36.6 Å². The predicted octanol–water partition coefficient (Wildman–Crippen LogP) is 3.15. The lowest BCUT2D eigenvalue weighted by atomic mass is 9.78. The van der Waals surface area contributed by atoms with Gasteiger partial charge in [-0.3, -0.25) is 4.98 Å². The van der Waals surface area contributed by atoms with E-state index < -0.39 is 0 Å². The van der Waals surface area contributed by atoms with Crippen LogP contribution in [0.3, 0.4) is 0 Å². The average molecular weight is 238 g/mol. The van der Waals surface area contributed by atoms with Crippen molar-refractivity contribution in [1.82, 2.24) is 4.98 Å². The Bertz CT molecular complexity index is 574. The van der Waals surface area contributed by atoms with Gasteiger partial charge >= 0.3 is 0 Å². The second kappa shape index (κ2) is 3.84. The number of hydrogen-bond acceptors (Lipinski definition) is 2. The highest BCUT2D eigenvalue weighted by Crippen LogP contribution is 2.43. The van der Waals surface area contributed by atoms with Crippen molar-refractivity contribution in [3.05, 3.63) is 59.4 Å². The van der Waals surface area contributed by atoms with Crippen LogP contribution in [-0.4, -0.2) is 18.6 Å². The Morgan fingerprint density at radius 1 is 1.17 bits per heavy atom. The van der Waals surface area contributed by atoms with E-state index in [1.807, 2.05) is 13.1 Å². The average Bonchev–Trinajstić information content (AvgIpc) is 2.64. The first-order valence-corrected chi connectivity index (χ1v) is 6.35. The van der Waals surface area contributed by atoms with Crippen molar-refractivity contribution in [3.63, 3.8) is 0 Å². The van der Waals surface area contributed by atoms with Gasteiger partial charge in [0.05, 0.1) is 0 Å². The van der Waals surface area contributed by atoms with Crippen molar-refractivity contribution in [3.8, 4) is 0 Å². The summed E-state index contributed by atoms with van der Waals surface area (Å²) in [6.45, 7) is 5.35. The Kier molecular flexibility index (Phi) is 2.40. The fraction of sp³-hybridized carbons (Fsp3) is 0.312. The lowest BCUT2D eigenvalue weighted by Crippen LogP contribution is -2.29. The monoisotopic (exact) mass is 238 g/mol. The number of anilines is 1. The third-order valence-electron chi connectivity index (χ3n) is 4.01. The number of nitrogens with zero attached hydrogens (tertiary/aromatic N) is 2. The van der Waals surface area contributed by atoms with E-state index in [-0.39, 0.29) is 5.41 Å². The molecule has 0 N–H and O–H groups in total. The molecular formula is C16H18N2. The van der Waals surface area contributed by atoms with Gasteiger partial charge in [-0.15, -0.1) is 0 Å². The van der Waals surface area contributed by atoms with Gasteiger partial charge in [0.2, 0.25) is 0 Å². The molecule has 2 nitrogen and oxygen atoms in total. The second-order valence-electron chi connectivity index (χ2n) is 5.39. The Morgan fingerprint density at radius 2 is 1.94 bits per heavy atom. The van der Waals surface area contributed by atoms with Gasteiger partial charge in [-0.2, -0.15) is 0 Å².